The van der Waals surface area contributed by atoms with Gasteiger partial charge in [0, 0.05) is 18.8 Å². The van der Waals surface area contributed by atoms with Gasteiger partial charge < -0.3 is 15.4 Å². The van der Waals surface area contributed by atoms with Gasteiger partial charge in [-0.05, 0) is 41.0 Å². The number of nitrogens with one attached hydrogen (secondary N) is 2. The van der Waals surface area contributed by atoms with Crippen LogP contribution in [0.3, 0.4) is 0 Å². The van der Waals surface area contributed by atoms with Crippen molar-refractivity contribution in [2.24, 2.45) is 0 Å². The van der Waals surface area contributed by atoms with Crippen molar-refractivity contribution in [1.82, 2.24) is 9.97 Å². The molecule has 0 bridgehead atoms. The summed E-state index contributed by atoms with van der Waals surface area (Å²) in [6.45, 7) is 0. The molecule has 0 saturated heterocycles. The van der Waals surface area contributed by atoms with Gasteiger partial charge in [0.05, 0.1) is 6.42 Å². The third-order valence-corrected chi connectivity index (χ3v) is 4.68. The Bertz CT molecular complexity index is 1140. The summed E-state index contributed by atoms with van der Waals surface area (Å²) in [6, 6.07) is 27.1. The molecule has 0 atom stereocenters. The molecular weight excluding hydrogens is 388 g/mol. The van der Waals surface area contributed by atoms with E-state index in [1.807, 2.05) is 42.5 Å². The van der Waals surface area contributed by atoms with E-state index in [1.165, 1.54) is 6.33 Å². The van der Waals surface area contributed by atoms with Crippen molar-refractivity contribution < 1.29 is 9.53 Å². The number of carbonyl (C=O) groups excluding carboxylic acids is 1. The smallest absolute Gasteiger partial charge is 0.228 e. The van der Waals surface area contributed by atoms with Crippen LogP contribution < -0.4 is 15.4 Å². The van der Waals surface area contributed by atoms with Crippen molar-refractivity contribution in [1.29, 1.82) is 0 Å². The lowest BCUT2D eigenvalue weighted by Gasteiger charge is -2.09. The molecule has 1 aromatic heterocycles. The van der Waals surface area contributed by atoms with E-state index in [9.17, 15) is 4.79 Å². The maximum Gasteiger partial charge on any atom is 0.228 e. The Morgan fingerprint density at radius 3 is 2.29 bits per heavy atom. The molecule has 3 aromatic carbocycles. The van der Waals surface area contributed by atoms with E-state index < -0.39 is 0 Å². The van der Waals surface area contributed by atoms with Crippen LogP contribution in [0.2, 0.25) is 0 Å². The van der Waals surface area contributed by atoms with Crippen LogP contribution in [0.4, 0.5) is 11.5 Å². The maximum absolute atomic E-state index is 12.4. The molecule has 31 heavy (non-hydrogen) atoms. The monoisotopic (exact) mass is 410 g/mol. The summed E-state index contributed by atoms with van der Waals surface area (Å²) >= 11 is 0. The fraction of sp³-hybridized carbons (Fsp3) is 0.0800. The van der Waals surface area contributed by atoms with Crippen molar-refractivity contribution in [2.75, 3.05) is 17.7 Å². The predicted octanol–water partition coefficient (Wildman–Crippen LogP) is 5.16. The Labute approximate surface area is 181 Å². The zero-order chi connectivity index (χ0) is 21.5. The summed E-state index contributed by atoms with van der Waals surface area (Å²) in [5.74, 6) is 1.66. The van der Waals surface area contributed by atoms with E-state index in [0.717, 1.165) is 16.7 Å². The SMILES string of the molecule is CNc1cc(Oc2ccc(NC(=O)Cc3ccc(-c4ccccc4)cc3)cc2)ncn1. The Balaban J connectivity index is 1.33. The highest BCUT2D eigenvalue weighted by molar-refractivity contribution is 5.92. The van der Waals surface area contributed by atoms with E-state index in [0.29, 0.717) is 29.6 Å². The molecule has 4 aromatic rings. The largest absolute Gasteiger partial charge is 0.439 e. The van der Waals surface area contributed by atoms with Gasteiger partial charge in [0.15, 0.2) is 0 Å². The Hall–Kier alpha value is -4.19. The minimum atomic E-state index is -0.0735. The van der Waals surface area contributed by atoms with Gasteiger partial charge in [0.25, 0.3) is 0 Å². The number of nitrogens with zero attached hydrogens (tertiary/aromatic N) is 2. The molecule has 0 saturated carbocycles. The van der Waals surface area contributed by atoms with Gasteiger partial charge in [0.2, 0.25) is 11.8 Å². The maximum atomic E-state index is 12.4. The molecule has 0 fully saturated rings. The zero-order valence-corrected chi connectivity index (χ0v) is 17.1. The van der Waals surface area contributed by atoms with E-state index in [2.05, 4.69) is 32.7 Å². The topological polar surface area (TPSA) is 76.1 Å². The number of hydrogen-bond donors (Lipinski definition) is 2. The highest BCUT2D eigenvalue weighted by Crippen LogP contribution is 2.23. The lowest BCUT2D eigenvalue weighted by atomic mass is 10.0. The number of ether oxygens (including phenoxy) is 1. The van der Waals surface area contributed by atoms with Gasteiger partial charge in [-0.15, -0.1) is 0 Å². The molecule has 0 aliphatic rings. The van der Waals surface area contributed by atoms with Crippen LogP contribution >= 0.6 is 0 Å². The fourth-order valence-corrected chi connectivity index (χ4v) is 3.10. The van der Waals surface area contributed by atoms with Crippen LogP contribution in [0, 0.1) is 0 Å². The molecule has 0 spiro atoms. The quantitative estimate of drug-likeness (QED) is 0.440. The molecule has 1 heterocycles. The van der Waals surface area contributed by atoms with E-state index in [1.54, 1.807) is 37.4 Å². The van der Waals surface area contributed by atoms with Gasteiger partial charge in [0.1, 0.15) is 17.9 Å². The van der Waals surface area contributed by atoms with Gasteiger partial charge in [-0.25, -0.2) is 9.97 Å². The van der Waals surface area contributed by atoms with E-state index in [4.69, 9.17) is 4.74 Å². The summed E-state index contributed by atoms with van der Waals surface area (Å²) in [7, 11) is 1.78. The summed E-state index contributed by atoms with van der Waals surface area (Å²) in [5, 5.41) is 5.85. The molecule has 1 amide bonds. The normalized spacial score (nSPS) is 10.4. The molecule has 0 radical (unpaired) electrons. The second-order valence-corrected chi connectivity index (χ2v) is 6.91. The van der Waals surface area contributed by atoms with Gasteiger partial charge in [-0.3, -0.25) is 4.79 Å². The summed E-state index contributed by atoms with van der Waals surface area (Å²) < 4.78 is 5.72. The first-order chi connectivity index (χ1) is 15.2. The Morgan fingerprint density at radius 2 is 1.58 bits per heavy atom. The van der Waals surface area contributed by atoms with Crippen molar-refractivity contribution in [3.8, 4) is 22.8 Å². The minimum absolute atomic E-state index is 0.0735. The molecule has 6 nitrogen and oxygen atoms in total. The Morgan fingerprint density at radius 1 is 0.871 bits per heavy atom. The molecule has 2 N–H and O–H groups in total. The zero-order valence-electron chi connectivity index (χ0n) is 17.1. The van der Waals surface area contributed by atoms with Crippen LogP contribution in [-0.4, -0.2) is 22.9 Å². The average Bonchev–Trinajstić information content (AvgIpc) is 2.81. The van der Waals surface area contributed by atoms with Crippen LogP contribution in [0.15, 0.2) is 91.3 Å². The lowest BCUT2D eigenvalue weighted by molar-refractivity contribution is -0.115. The molecular formula is C25H22N4O2. The third kappa shape index (κ3) is 5.45. The number of benzene rings is 3. The number of hydrogen-bond acceptors (Lipinski definition) is 5. The highest BCUT2D eigenvalue weighted by atomic mass is 16.5. The van der Waals surface area contributed by atoms with E-state index >= 15 is 0 Å². The van der Waals surface area contributed by atoms with Crippen molar-refractivity contribution >= 4 is 17.4 Å². The summed E-state index contributed by atoms with van der Waals surface area (Å²) in [5.41, 5.74) is 3.95. The second kappa shape index (κ2) is 9.54. The molecule has 154 valence electrons. The average molecular weight is 410 g/mol. The number of aromatic nitrogens is 2. The van der Waals surface area contributed by atoms with Gasteiger partial charge in [-0.2, -0.15) is 0 Å². The lowest BCUT2D eigenvalue weighted by Crippen LogP contribution is -2.14. The summed E-state index contributed by atoms with van der Waals surface area (Å²) in [4.78, 5) is 20.6. The summed E-state index contributed by atoms with van der Waals surface area (Å²) in [6.07, 6.45) is 1.74. The Kier molecular flexibility index (Phi) is 6.18. The number of anilines is 2. The molecule has 6 heteroatoms. The third-order valence-electron chi connectivity index (χ3n) is 4.68. The van der Waals surface area contributed by atoms with Crippen LogP contribution in [0.5, 0.6) is 11.6 Å². The van der Waals surface area contributed by atoms with Crippen molar-refractivity contribution in [3.05, 3.63) is 96.8 Å². The van der Waals surface area contributed by atoms with Gasteiger partial charge >= 0.3 is 0 Å². The van der Waals surface area contributed by atoms with Crippen LogP contribution in [0.25, 0.3) is 11.1 Å². The molecule has 4 rings (SSSR count). The first-order valence-corrected chi connectivity index (χ1v) is 9.91. The predicted molar refractivity (Wildman–Crippen MR) is 122 cm³/mol. The minimum Gasteiger partial charge on any atom is -0.439 e. The van der Waals surface area contributed by atoms with Crippen molar-refractivity contribution in [3.63, 3.8) is 0 Å². The number of carbonyl (C=O) groups is 1. The second-order valence-electron chi connectivity index (χ2n) is 6.91. The fourth-order valence-electron chi connectivity index (χ4n) is 3.10. The number of rotatable bonds is 7. The first-order valence-electron chi connectivity index (χ1n) is 9.91. The molecule has 0 aliphatic carbocycles. The van der Waals surface area contributed by atoms with Gasteiger partial charge in [-0.1, -0.05) is 54.6 Å². The van der Waals surface area contributed by atoms with Crippen LogP contribution in [-0.2, 0) is 11.2 Å². The first kappa shape index (κ1) is 20.1. The highest BCUT2D eigenvalue weighted by Gasteiger charge is 2.06. The molecule has 0 aliphatic heterocycles. The van der Waals surface area contributed by atoms with Crippen LogP contribution in [0.1, 0.15) is 5.56 Å². The van der Waals surface area contributed by atoms with Crippen molar-refractivity contribution in [2.45, 2.75) is 6.42 Å². The number of amides is 1. The molecule has 0 unspecified atom stereocenters. The van der Waals surface area contributed by atoms with E-state index in [-0.39, 0.29) is 5.91 Å². The standard InChI is InChI=1S/C25H22N4O2/c1-26-23-16-25(28-17-27-23)31-22-13-11-21(12-14-22)29-24(30)15-18-7-9-20(10-8-18)19-5-3-2-4-6-19/h2-14,16-17H,15H2,1H3,(H,29,30)(H,26,27,28).